The molecule has 0 saturated carbocycles. The van der Waals surface area contributed by atoms with Gasteiger partial charge in [-0.25, -0.2) is 0 Å². The van der Waals surface area contributed by atoms with Gasteiger partial charge in [0, 0.05) is 5.57 Å². The van der Waals surface area contributed by atoms with Gasteiger partial charge in [-0.2, -0.15) is 0 Å². The quantitative estimate of drug-likeness (QED) is 0.322. The second-order valence-corrected chi connectivity index (χ2v) is 8.52. The predicted molar refractivity (Wildman–Crippen MR) is 128 cm³/mol. The molecule has 1 N–H and O–H groups in total. The van der Waals surface area contributed by atoms with E-state index in [-0.39, 0.29) is 5.57 Å². The predicted octanol–water partition coefficient (Wildman–Crippen LogP) is 0.623. The number of carbonyl (C=O) groups is 2. The number of nitrogens with zero attached hydrogens (tertiary/aromatic N) is 1. The Labute approximate surface area is 205 Å². The lowest BCUT2D eigenvalue weighted by Gasteiger charge is -2.30. The Morgan fingerprint density at radius 2 is 1.71 bits per heavy atom. The van der Waals surface area contributed by atoms with Crippen LogP contribution in [0.3, 0.4) is 0 Å². The van der Waals surface area contributed by atoms with Crippen LogP contribution < -0.4 is 19.5 Å². The van der Waals surface area contributed by atoms with Crippen molar-refractivity contribution in [2.75, 3.05) is 52.6 Å². The van der Waals surface area contributed by atoms with Crippen LogP contribution in [0.15, 0.2) is 54.1 Å². The average Bonchev–Trinajstić information content (AvgIpc) is 3.14. The number of hydrogen-bond acceptors (Lipinski definition) is 6. The Hall–Kier alpha value is -3.36. The molecule has 0 aromatic heterocycles. The first-order chi connectivity index (χ1) is 17.0. The van der Waals surface area contributed by atoms with Gasteiger partial charge in [-0.1, -0.05) is 42.2 Å². The van der Waals surface area contributed by atoms with Crippen molar-refractivity contribution in [2.24, 2.45) is 0 Å². The van der Waals surface area contributed by atoms with Crippen molar-refractivity contribution in [3.05, 3.63) is 65.2 Å². The zero-order valence-electron chi connectivity index (χ0n) is 20.2. The summed E-state index contributed by atoms with van der Waals surface area (Å²) in [7, 11) is 0. The molecule has 1 atom stereocenters. The number of carbonyl (C=O) groups excluding carboxylic acids is 2. The van der Waals surface area contributed by atoms with Crippen LogP contribution in [0.2, 0.25) is 0 Å². The second-order valence-electron chi connectivity index (χ2n) is 8.52. The number of ether oxygens (including phenoxy) is 3. The topological polar surface area (TPSA) is 92.6 Å². The Bertz CT molecular complexity index is 1080. The second kappa shape index (κ2) is 11.4. The molecule has 4 rings (SSSR count). The Morgan fingerprint density at radius 1 is 1.03 bits per heavy atom. The summed E-state index contributed by atoms with van der Waals surface area (Å²) < 4.78 is 16.9. The molecule has 2 aromatic carbocycles. The van der Waals surface area contributed by atoms with Crippen molar-refractivity contribution in [1.82, 2.24) is 4.90 Å². The summed E-state index contributed by atoms with van der Waals surface area (Å²) in [4.78, 5) is 29.3. The normalized spacial score (nSPS) is 20.3. The van der Waals surface area contributed by atoms with Crippen molar-refractivity contribution in [3.63, 3.8) is 0 Å². The van der Waals surface area contributed by atoms with Gasteiger partial charge in [-0.15, -0.1) is 0 Å². The SMILES string of the molecule is CCOc1ccc(C2/C(=C(\[O-])c3ccccc3)C(=O)C(=O)N2CC[NH+]2CCOCC2)cc1OCC. The lowest BCUT2D eigenvalue weighted by Crippen LogP contribution is -3.14. The Morgan fingerprint density at radius 3 is 2.40 bits per heavy atom. The molecule has 0 spiro atoms. The number of morpholine rings is 1. The average molecular weight is 481 g/mol. The van der Waals surface area contributed by atoms with Crippen LogP contribution in [0.1, 0.15) is 31.0 Å². The molecule has 1 unspecified atom stereocenters. The number of Topliss-reactive ketones (excluding diaryl/α,β-unsaturated/α-hetero) is 1. The minimum Gasteiger partial charge on any atom is -0.872 e. The van der Waals surface area contributed by atoms with Crippen molar-refractivity contribution in [1.29, 1.82) is 0 Å². The molecule has 8 heteroatoms. The first-order valence-electron chi connectivity index (χ1n) is 12.2. The van der Waals surface area contributed by atoms with Gasteiger partial charge in [-0.05, 0) is 37.1 Å². The van der Waals surface area contributed by atoms with E-state index in [1.165, 1.54) is 9.80 Å². The lowest BCUT2D eigenvalue weighted by atomic mass is 9.95. The van der Waals surface area contributed by atoms with Crippen LogP contribution in [0.5, 0.6) is 11.5 Å². The molecule has 2 aliphatic rings. The highest BCUT2D eigenvalue weighted by Crippen LogP contribution is 2.41. The van der Waals surface area contributed by atoms with Gasteiger partial charge in [0.05, 0.1) is 45.6 Å². The molecule has 0 bridgehead atoms. The molecule has 186 valence electrons. The number of likely N-dealkylation sites (tertiary alicyclic amines) is 1. The minimum atomic E-state index is -0.793. The Balaban J connectivity index is 1.77. The van der Waals surface area contributed by atoms with Crippen LogP contribution in [-0.4, -0.2) is 69.2 Å². The van der Waals surface area contributed by atoms with Crippen molar-refractivity contribution in [3.8, 4) is 11.5 Å². The number of amides is 1. The fourth-order valence-corrected chi connectivity index (χ4v) is 4.62. The molecule has 0 aliphatic carbocycles. The molecule has 1 amide bonds. The molecular weight excluding hydrogens is 448 g/mol. The maximum Gasteiger partial charge on any atom is 0.295 e. The van der Waals surface area contributed by atoms with Crippen molar-refractivity contribution < 1.29 is 33.8 Å². The molecule has 2 aliphatic heterocycles. The summed E-state index contributed by atoms with van der Waals surface area (Å²) in [5.74, 6) is -0.721. The number of rotatable bonds is 9. The maximum atomic E-state index is 13.5. The van der Waals surface area contributed by atoms with Gasteiger partial charge < -0.3 is 29.1 Å². The molecule has 0 radical (unpaired) electrons. The maximum absolute atomic E-state index is 13.5. The van der Waals surface area contributed by atoms with Crippen molar-refractivity contribution >= 4 is 17.4 Å². The van der Waals surface area contributed by atoms with Gasteiger partial charge in [-0.3, -0.25) is 9.59 Å². The fraction of sp³-hybridized carbons (Fsp3) is 0.407. The summed E-state index contributed by atoms with van der Waals surface area (Å²) in [6.45, 7) is 8.72. The molecule has 8 nitrogen and oxygen atoms in total. The number of nitrogens with one attached hydrogen (secondary N) is 1. The van der Waals surface area contributed by atoms with Gasteiger partial charge in [0.15, 0.2) is 11.5 Å². The number of quaternary nitrogens is 1. The molecule has 2 saturated heterocycles. The summed E-state index contributed by atoms with van der Waals surface area (Å²) in [6.07, 6.45) is 0. The van der Waals surface area contributed by atoms with E-state index in [1.54, 1.807) is 48.5 Å². The largest absolute Gasteiger partial charge is 0.872 e. The van der Waals surface area contributed by atoms with Gasteiger partial charge in [0.25, 0.3) is 5.91 Å². The van der Waals surface area contributed by atoms with E-state index < -0.39 is 23.5 Å². The monoisotopic (exact) mass is 480 g/mol. The van der Waals surface area contributed by atoms with Crippen LogP contribution in [0, 0.1) is 0 Å². The summed E-state index contributed by atoms with van der Waals surface area (Å²) in [5.41, 5.74) is 1.00. The Kier molecular flexibility index (Phi) is 8.05. The molecule has 2 aromatic rings. The zero-order valence-corrected chi connectivity index (χ0v) is 20.2. The van der Waals surface area contributed by atoms with Gasteiger partial charge in [0.2, 0.25) is 5.78 Å². The minimum absolute atomic E-state index is 0.0233. The lowest BCUT2D eigenvalue weighted by molar-refractivity contribution is -0.907. The highest BCUT2D eigenvalue weighted by atomic mass is 16.5. The first kappa shape index (κ1) is 24.8. The van der Waals surface area contributed by atoms with E-state index in [2.05, 4.69) is 0 Å². The van der Waals surface area contributed by atoms with E-state index >= 15 is 0 Å². The zero-order chi connectivity index (χ0) is 24.8. The third kappa shape index (κ3) is 5.33. The summed E-state index contributed by atoms with van der Waals surface area (Å²) in [6, 6.07) is 13.2. The standard InChI is InChI=1S/C27H32N2O6/c1-3-34-21-11-10-20(18-22(21)35-4-2)24-23(25(30)19-8-6-5-7-9-19)26(31)27(32)29(24)13-12-28-14-16-33-17-15-28/h5-11,18,24,30H,3-4,12-17H2,1-2H3/b25-23+. The molecular formula is C27H32N2O6. The van der Waals surface area contributed by atoms with Crippen LogP contribution in [-0.2, 0) is 14.3 Å². The van der Waals surface area contributed by atoms with Crippen LogP contribution in [0.4, 0.5) is 0 Å². The smallest absolute Gasteiger partial charge is 0.295 e. The van der Waals surface area contributed by atoms with Crippen LogP contribution >= 0.6 is 0 Å². The fourth-order valence-electron chi connectivity index (χ4n) is 4.62. The van der Waals surface area contributed by atoms with E-state index in [0.29, 0.717) is 62.1 Å². The number of ketones is 1. The van der Waals surface area contributed by atoms with Crippen LogP contribution in [0.25, 0.3) is 5.76 Å². The molecule has 2 heterocycles. The number of benzene rings is 2. The van der Waals surface area contributed by atoms with Gasteiger partial charge in [0.1, 0.15) is 13.1 Å². The number of hydrogen-bond donors (Lipinski definition) is 1. The van der Waals surface area contributed by atoms with E-state index in [4.69, 9.17) is 14.2 Å². The summed E-state index contributed by atoms with van der Waals surface area (Å²) in [5, 5.41) is 13.5. The molecule has 2 fully saturated rings. The van der Waals surface area contributed by atoms with Crippen molar-refractivity contribution in [2.45, 2.75) is 19.9 Å². The first-order valence-corrected chi connectivity index (χ1v) is 12.2. The van der Waals surface area contributed by atoms with E-state index in [9.17, 15) is 14.7 Å². The van der Waals surface area contributed by atoms with Gasteiger partial charge >= 0.3 is 0 Å². The van der Waals surface area contributed by atoms with E-state index in [0.717, 1.165) is 13.1 Å². The highest BCUT2D eigenvalue weighted by Gasteiger charge is 2.44. The van der Waals surface area contributed by atoms with E-state index in [1.807, 2.05) is 13.8 Å². The highest BCUT2D eigenvalue weighted by molar-refractivity contribution is 6.46. The molecule has 35 heavy (non-hydrogen) atoms. The third-order valence-electron chi connectivity index (χ3n) is 6.35. The summed E-state index contributed by atoms with van der Waals surface area (Å²) >= 11 is 0. The third-order valence-corrected chi connectivity index (χ3v) is 6.35.